The molecule has 0 aliphatic carbocycles. The molecule has 2 amide bonds. The second-order valence-electron chi connectivity index (χ2n) is 9.29. The van der Waals surface area contributed by atoms with Crippen molar-refractivity contribution in [3.8, 4) is 11.5 Å². The van der Waals surface area contributed by atoms with Gasteiger partial charge in [0.1, 0.15) is 0 Å². The Morgan fingerprint density at radius 1 is 1.09 bits per heavy atom. The maximum atomic E-state index is 13.3. The first-order valence-electron chi connectivity index (χ1n) is 12.2. The highest BCUT2D eigenvalue weighted by Crippen LogP contribution is 2.32. The average Bonchev–Trinajstić information content (AvgIpc) is 3.29. The zero-order chi connectivity index (χ0) is 24.0. The Labute approximate surface area is 204 Å². The van der Waals surface area contributed by atoms with E-state index in [-0.39, 0.29) is 37.7 Å². The predicted octanol–water partition coefficient (Wildman–Crippen LogP) is 2.04. The lowest BCUT2D eigenvalue weighted by Gasteiger charge is -2.30. The number of carbonyl (C=O) groups excluding carboxylic acids is 2. The third-order valence-electron chi connectivity index (χ3n) is 6.70. The summed E-state index contributed by atoms with van der Waals surface area (Å²) < 4.78 is 22.5. The van der Waals surface area contributed by atoms with Crippen molar-refractivity contribution in [3.63, 3.8) is 0 Å². The van der Waals surface area contributed by atoms with Gasteiger partial charge in [-0.3, -0.25) is 14.6 Å². The molecule has 3 aliphatic rings. The van der Waals surface area contributed by atoms with Gasteiger partial charge in [0.25, 0.3) is 0 Å². The van der Waals surface area contributed by atoms with Crippen LogP contribution in [0.1, 0.15) is 24.0 Å². The predicted molar refractivity (Wildman–Crippen MR) is 126 cm³/mol. The number of hydrogen-bond donors (Lipinski definition) is 0. The van der Waals surface area contributed by atoms with Gasteiger partial charge in [0, 0.05) is 45.2 Å². The Kier molecular flexibility index (Phi) is 7.44. The molecule has 35 heavy (non-hydrogen) atoms. The van der Waals surface area contributed by atoms with Crippen molar-refractivity contribution >= 4 is 11.8 Å². The van der Waals surface area contributed by atoms with Gasteiger partial charge in [-0.15, -0.1) is 0 Å². The summed E-state index contributed by atoms with van der Waals surface area (Å²) in [6.45, 7) is 3.57. The third kappa shape index (κ3) is 6.10. The number of hydrogen-bond acceptors (Lipinski definition) is 7. The van der Waals surface area contributed by atoms with Gasteiger partial charge in [-0.25, -0.2) is 0 Å². The Hall–Kier alpha value is -3.17. The number of carbonyl (C=O) groups is 2. The number of benzene rings is 1. The fourth-order valence-electron chi connectivity index (χ4n) is 4.73. The van der Waals surface area contributed by atoms with Gasteiger partial charge in [0.05, 0.1) is 25.7 Å². The van der Waals surface area contributed by atoms with Crippen molar-refractivity contribution in [2.75, 3.05) is 46.2 Å². The molecule has 9 nitrogen and oxygen atoms in total. The maximum absolute atomic E-state index is 13.3. The first kappa shape index (κ1) is 23.6. The van der Waals surface area contributed by atoms with Gasteiger partial charge in [-0.05, 0) is 48.1 Å². The maximum Gasteiger partial charge on any atom is 0.242 e. The molecule has 2 fully saturated rings. The molecule has 1 aromatic carbocycles. The van der Waals surface area contributed by atoms with E-state index in [4.69, 9.17) is 18.9 Å². The minimum atomic E-state index is -0.290. The van der Waals surface area contributed by atoms with Crippen molar-refractivity contribution in [2.45, 2.75) is 32.0 Å². The molecule has 1 unspecified atom stereocenters. The summed E-state index contributed by atoms with van der Waals surface area (Å²) in [5.74, 6) is 1.58. The Morgan fingerprint density at radius 2 is 1.94 bits per heavy atom. The molecule has 2 aromatic rings. The monoisotopic (exact) mass is 481 g/mol. The molecule has 0 radical (unpaired) electrons. The lowest BCUT2D eigenvalue weighted by molar-refractivity contribution is -0.138. The molecule has 1 aromatic heterocycles. The number of fused-ring (bicyclic) bond motifs is 1. The van der Waals surface area contributed by atoms with Gasteiger partial charge < -0.3 is 28.7 Å². The van der Waals surface area contributed by atoms with Crippen LogP contribution in [-0.2, 0) is 32.1 Å². The molecule has 0 bridgehead atoms. The standard InChI is InChI=1S/C26H31N3O6/c30-25(11-20-3-4-23-24(10-20)35-18-34-23)29-15-22(33-17-21-2-1-7-27-12-21)14-28(26(31)16-29)13-19-5-8-32-9-6-19/h1-4,7,10,12,19,22H,5-6,8-9,11,13-18H2. The number of nitrogens with zero attached hydrogens (tertiary/aromatic N) is 3. The number of aromatic nitrogens is 1. The van der Waals surface area contributed by atoms with Crippen LogP contribution >= 0.6 is 0 Å². The quantitative estimate of drug-likeness (QED) is 0.598. The SMILES string of the molecule is O=C(Cc1ccc2c(c1)OCO2)N1CC(=O)N(CC2CCOCC2)CC(OCc2cccnc2)C1. The second-order valence-corrected chi connectivity index (χ2v) is 9.29. The number of amides is 2. The van der Waals surface area contributed by atoms with Crippen LogP contribution in [0.3, 0.4) is 0 Å². The minimum absolute atomic E-state index is 0.0389. The Bertz CT molecular complexity index is 1030. The van der Waals surface area contributed by atoms with Crippen molar-refractivity contribution in [2.24, 2.45) is 5.92 Å². The smallest absolute Gasteiger partial charge is 0.242 e. The molecular formula is C26H31N3O6. The average molecular weight is 482 g/mol. The van der Waals surface area contributed by atoms with Gasteiger partial charge >= 0.3 is 0 Å². The summed E-state index contributed by atoms with van der Waals surface area (Å²) >= 11 is 0. The van der Waals surface area contributed by atoms with E-state index < -0.39 is 0 Å². The Balaban J connectivity index is 1.28. The van der Waals surface area contributed by atoms with Crippen molar-refractivity contribution in [1.82, 2.24) is 14.8 Å². The topological polar surface area (TPSA) is 90.4 Å². The van der Waals surface area contributed by atoms with E-state index in [1.807, 2.05) is 35.2 Å². The number of pyridine rings is 1. The van der Waals surface area contributed by atoms with E-state index >= 15 is 0 Å². The lowest BCUT2D eigenvalue weighted by atomic mass is 9.99. The van der Waals surface area contributed by atoms with E-state index in [1.165, 1.54) is 0 Å². The summed E-state index contributed by atoms with van der Waals surface area (Å²) in [5, 5.41) is 0. The zero-order valence-corrected chi connectivity index (χ0v) is 19.8. The lowest BCUT2D eigenvalue weighted by Crippen LogP contribution is -2.42. The summed E-state index contributed by atoms with van der Waals surface area (Å²) in [5.41, 5.74) is 1.78. The van der Waals surface area contributed by atoms with E-state index in [9.17, 15) is 9.59 Å². The van der Waals surface area contributed by atoms with Crippen LogP contribution in [0, 0.1) is 5.92 Å². The van der Waals surface area contributed by atoms with Crippen molar-refractivity contribution < 1.29 is 28.5 Å². The van der Waals surface area contributed by atoms with E-state index in [0.29, 0.717) is 43.7 Å². The van der Waals surface area contributed by atoms with Crippen LogP contribution in [0.25, 0.3) is 0 Å². The second kappa shape index (κ2) is 11.0. The van der Waals surface area contributed by atoms with Gasteiger partial charge in [-0.2, -0.15) is 0 Å². The molecule has 186 valence electrons. The Morgan fingerprint density at radius 3 is 2.77 bits per heavy atom. The van der Waals surface area contributed by atoms with Gasteiger partial charge in [-0.1, -0.05) is 12.1 Å². The molecule has 5 rings (SSSR count). The molecule has 4 heterocycles. The summed E-state index contributed by atoms with van der Waals surface area (Å²) in [6.07, 6.45) is 5.26. The minimum Gasteiger partial charge on any atom is -0.454 e. The van der Waals surface area contributed by atoms with Crippen molar-refractivity contribution in [1.29, 1.82) is 0 Å². The van der Waals surface area contributed by atoms with Gasteiger partial charge in [0.2, 0.25) is 18.6 Å². The first-order chi connectivity index (χ1) is 17.1. The molecule has 2 saturated heterocycles. The molecule has 3 aliphatic heterocycles. The fraction of sp³-hybridized carbons (Fsp3) is 0.500. The highest BCUT2D eigenvalue weighted by molar-refractivity contribution is 5.86. The fourth-order valence-corrected chi connectivity index (χ4v) is 4.73. The van der Waals surface area contributed by atoms with Crippen LogP contribution in [0.4, 0.5) is 0 Å². The summed E-state index contributed by atoms with van der Waals surface area (Å²) in [7, 11) is 0. The van der Waals surface area contributed by atoms with Crippen LogP contribution in [-0.4, -0.2) is 78.9 Å². The van der Waals surface area contributed by atoms with Crippen LogP contribution in [0.2, 0.25) is 0 Å². The molecule has 9 heteroatoms. The zero-order valence-electron chi connectivity index (χ0n) is 19.8. The van der Waals surface area contributed by atoms with Crippen molar-refractivity contribution in [3.05, 3.63) is 53.9 Å². The van der Waals surface area contributed by atoms with E-state index in [0.717, 1.165) is 37.2 Å². The van der Waals surface area contributed by atoms with Crippen LogP contribution in [0.15, 0.2) is 42.7 Å². The highest BCUT2D eigenvalue weighted by Gasteiger charge is 2.32. The molecule has 1 atom stereocenters. The molecule has 0 saturated carbocycles. The number of ether oxygens (including phenoxy) is 4. The first-order valence-corrected chi connectivity index (χ1v) is 12.2. The van der Waals surface area contributed by atoms with E-state index in [2.05, 4.69) is 4.98 Å². The molecule has 0 spiro atoms. The largest absolute Gasteiger partial charge is 0.454 e. The summed E-state index contributed by atoms with van der Waals surface area (Å²) in [4.78, 5) is 34.2. The van der Waals surface area contributed by atoms with Crippen LogP contribution < -0.4 is 9.47 Å². The van der Waals surface area contributed by atoms with Crippen LogP contribution in [0.5, 0.6) is 11.5 Å². The third-order valence-corrected chi connectivity index (χ3v) is 6.70. The number of rotatable bonds is 7. The molecule has 0 N–H and O–H groups in total. The normalized spacial score (nSPS) is 20.7. The highest BCUT2D eigenvalue weighted by atomic mass is 16.7. The van der Waals surface area contributed by atoms with Gasteiger partial charge in [0.15, 0.2) is 11.5 Å². The molecular weight excluding hydrogens is 450 g/mol. The van der Waals surface area contributed by atoms with E-state index in [1.54, 1.807) is 17.3 Å². The summed E-state index contributed by atoms with van der Waals surface area (Å²) in [6, 6.07) is 9.33.